The van der Waals surface area contributed by atoms with Crippen molar-refractivity contribution in [1.29, 1.82) is 0 Å². The van der Waals surface area contributed by atoms with Gasteiger partial charge in [-0.15, -0.1) is 6.58 Å². The number of allylic oxidation sites excluding steroid dienone is 1. The van der Waals surface area contributed by atoms with Crippen molar-refractivity contribution < 1.29 is 0 Å². The molecule has 0 saturated carbocycles. The molecule has 0 aromatic carbocycles. The minimum absolute atomic E-state index is 0.625. The first-order chi connectivity index (χ1) is 6.90. The fourth-order valence-electron chi connectivity index (χ4n) is 1.15. The van der Waals surface area contributed by atoms with Crippen LogP contribution in [0.5, 0.6) is 0 Å². The van der Waals surface area contributed by atoms with Gasteiger partial charge in [-0.2, -0.15) is 15.0 Å². The highest BCUT2D eigenvalue weighted by Crippen LogP contribution is 2.12. The number of hydrogen-bond acceptors (Lipinski definition) is 3. The maximum atomic E-state index is 4.26. The first-order valence-electron chi connectivity index (χ1n) is 4.31. The van der Waals surface area contributed by atoms with E-state index in [9.17, 15) is 0 Å². The fourth-order valence-corrected chi connectivity index (χ4v) is 1.15. The van der Waals surface area contributed by atoms with Crippen molar-refractivity contribution in [2.45, 2.75) is 6.54 Å². The number of aromatic nitrogens is 4. The predicted molar refractivity (Wildman–Crippen MR) is 53.5 cm³/mol. The highest BCUT2D eigenvalue weighted by atomic mass is 15.5. The first kappa shape index (κ1) is 8.62. The molecule has 2 heterocycles. The molecule has 0 atom stereocenters. The molecule has 0 N–H and O–H groups in total. The lowest BCUT2D eigenvalue weighted by molar-refractivity contribution is 0.604. The van der Waals surface area contributed by atoms with Crippen molar-refractivity contribution in [3.63, 3.8) is 0 Å². The van der Waals surface area contributed by atoms with E-state index in [0.29, 0.717) is 6.54 Å². The lowest BCUT2D eigenvalue weighted by atomic mass is 10.2. The normalized spacial score (nSPS) is 10.0. The van der Waals surface area contributed by atoms with Gasteiger partial charge in [-0.1, -0.05) is 6.08 Å². The molecular weight excluding hydrogens is 176 g/mol. The van der Waals surface area contributed by atoms with Crippen LogP contribution >= 0.6 is 0 Å². The lowest BCUT2D eigenvalue weighted by Gasteiger charge is -1.93. The molecule has 0 aliphatic rings. The van der Waals surface area contributed by atoms with E-state index in [0.717, 1.165) is 11.3 Å². The van der Waals surface area contributed by atoms with Gasteiger partial charge in [0.05, 0.1) is 12.7 Å². The van der Waals surface area contributed by atoms with Crippen molar-refractivity contribution in [2.75, 3.05) is 0 Å². The Hall–Kier alpha value is -1.97. The van der Waals surface area contributed by atoms with Gasteiger partial charge >= 0.3 is 0 Å². The molecule has 0 bridgehead atoms. The summed E-state index contributed by atoms with van der Waals surface area (Å²) in [6.45, 7) is 4.25. The Morgan fingerprint density at radius 2 is 2.36 bits per heavy atom. The van der Waals surface area contributed by atoms with Crippen LogP contribution in [0.3, 0.4) is 0 Å². The molecule has 0 saturated heterocycles. The standard InChI is InChI=1S/C10H10N4/c1-2-6-14-12-8-10(13-14)9-4-3-5-11-7-9/h2-5,7-8H,1,6H2. The van der Waals surface area contributed by atoms with Crippen LogP contribution in [0.2, 0.25) is 0 Å². The topological polar surface area (TPSA) is 43.6 Å². The quantitative estimate of drug-likeness (QED) is 0.683. The predicted octanol–water partition coefficient (Wildman–Crippen LogP) is 1.53. The summed E-state index contributed by atoms with van der Waals surface area (Å²) in [5, 5.41) is 8.35. The molecule has 0 aliphatic carbocycles. The van der Waals surface area contributed by atoms with E-state index >= 15 is 0 Å². The second-order valence-electron chi connectivity index (χ2n) is 2.82. The van der Waals surface area contributed by atoms with Crippen LogP contribution in [0.4, 0.5) is 0 Å². The summed E-state index contributed by atoms with van der Waals surface area (Å²) >= 11 is 0. The summed E-state index contributed by atoms with van der Waals surface area (Å²) in [5.74, 6) is 0. The van der Waals surface area contributed by atoms with Gasteiger partial charge in [-0.3, -0.25) is 4.98 Å². The Bertz CT molecular complexity index is 419. The van der Waals surface area contributed by atoms with Crippen LogP contribution in [0.1, 0.15) is 0 Å². The number of nitrogens with zero attached hydrogens (tertiary/aromatic N) is 4. The van der Waals surface area contributed by atoms with Crippen LogP contribution in [-0.2, 0) is 6.54 Å². The minimum atomic E-state index is 0.625. The highest BCUT2D eigenvalue weighted by Gasteiger charge is 2.01. The minimum Gasteiger partial charge on any atom is -0.264 e. The molecule has 0 unspecified atom stereocenters. The molecule has 0 radical (unpaired) electrons. The van der Waals surface area contributed by atoms with Gasteiger partial charge in [0.15, 0.2) is 0 Å². The van der Waals surface area contributed by atoms with Crippen LogP contribution in [0, 0.1) is 0 Å². The summed E-state index contributed by atoms with van der Waals surface area (Å²) in [5.41, 5.74) is 1.81. The summed E-state index contributed by atoms with van der Waals surface area (Å²) in [6.07, 6.45) is 6.98. The zero-order chi connectivity index (χ0) is 9.80. The van der Waals surface area contributed by atoms with Gasteiger partial charge < -0.3 is 0 Å². The SMILES string of the molecule is C=CCn1ncc(-c2cccnc2)n1. The molecule has 0 fully saturated rings. The molecule has 2 aromatic rings. The highest BCUT2D eigenvalue weighted by molar-refractivity contribution is 5.55. The maximum Gasteiger partial charge on any atom is 0.114 e. The Kier molecular flexibility index (Phi) is 2.36. The lowest BCUT2D eigenvalue weighted by Crippen LogP contribution is -1.99. The number of hydrogen-bond donors (Lipinski definition) is 0. The van der Waals surface area contributed by atoms with Gasteiger partial charge in [0.2, 0.25) is 0 Å². The Balaban J connectivity index is 2.29. The van der Waals surface area contributed by atoms with E-state index in [1.165, 1.54) is 0 Å². The van der Waals surface area contributed by atoms with Crippen molar-refractivity contribution in [2.24, 2.45) is 0 Å². The fraction of sp³-hybridized carbons (Fsp3) is 0.100. The average molecular weight is 186 g/mol. The zero-order valence-corrected chi connectivity index (χ0v) is 7.67. The summed E-state index contributed by atoms with van der Waals surface area (Å²) < 4.78 is 0. The Morgan fingerprint density at radius 3 is 3.07 bits per heavy atom. The van der Waals surface area contributed by atoms with E-state index in [-0.39, 0.29) is 0 Å². The summed E-state index contributed by atoms with van der Waals surface area (Å²) in [6, 6.07) is 3.83. The van der Waals surface area contributed by atoms with Crippen LogP contribution in [0.15, 0.2) is 43.4 Å². The summed E-state index contributed by atoms with van der Waals surface area (Å²) in [7, 11) is 0. The Labute approximate surface area is 81.9 Å². The molecule has 4 nitrogen and oxygen atoms in total. The molecule has 4 heteroatoms. The molecule has 0 spiro atoms. The van der Waals surface area contributed by atoms with Crippen molar-refractivity contribution in [3.8, 4) is 11.3 Å². The molecule has 70 valence electrons. The maximum absolute atomic E-state index is 4.26. The summed E-state index contributed by atoms with van der Waals surface area (Å²) in [4.78, 5) is 5.61. The van der Waals surface area contributed by atoms with Gasteiger partial charge in [0.25, 0.3) is 0 Å². The number of rotatable bonds is 3. The third kappa shape index (κ3) is 1.69. The molecule has 0 amide bonds. The van der Waals surface area contributed by atoms with E-state index in [1.807, 2.05) is 12.1 Å². The van der Waals surface area contributed by atoms with Crippen molar-refractivity contribution in [3.05, 3.63) is 43.4 Å². The third-order valence-corrected chi connectivity index (χ3v) is 1.79. The molecule has 0 aliphatic heterocycles. The van der Waals surface area contributed by atoms with Gasteiger partial charge in [0, 0.05) is 18.0 Å². The van der Waals surface area contributed by atoms with E-state index < -0.39 is 0 Å². The van der Waals surface area contributed by atoms with Crippen LogP contribution in [0.25, 0.3) is 11.3 Å². The van der Waals surface area contributed by atoms with Gasteiger partial charge in [-0.05, 0) is 12.1 Å². The van der Waals surface area contributed by atoms with Crippen LogP contribution in [-0.4, -0.2) is 20.0 Å². The second-order valence-corrected chi connectivity index (χ2v) is 2.82. The first-order valence-corrected chi connectivity index (χ1v) is 4.31. The average Bonchev–Trinajstić information content (AvgIpc) is 2.68. The smallest absolute Gasteiger partial charge is 0.114 e. The van der Waals surface area contributed by atoms with Gasteiger partial charge in [-0.25, -0.2) is 0 Å². The molecule has 2 aromatic heterocycles. The van der Waals surface area contributed by atoms with Crippen LogP contribution < -0.4 is 0 Å². The van der Waals surface area contributed by atoms with Crippen molar-refractivity contribution >= 4 is 0 Å². The van der Waals surface area contributed by atoms with E-state index in [4.69, 9.17) is 0 Å². The van der Waals surface area contributed by atoms with Gasteiger partial charge in [0.1, 0.15) is 5.69 Å². The molecule has 14 heavy (non-hydrogen) atoms. The van der Waals surface area contributed by atoms with E-state index in [1.54, 1.807) is 29.5 Å². The molecule has 2 rings (SSSR count). The molecular formula is C10H10N4. The zero-order valence-electron chi connectivity index (χ0n) is 7.67. The van der Waals surface area contributed by atoms with Crippen molar-refractivity contribution in [1.82, 2.24) is 20.0 Å². The van der Waals surface area contributed by atoms with E-state index in [2.05, 4.69) is 21.8 Å². The monoisotopic (exact) mass is 186 g/mol. The third-order valence-electron chi connectivity index (χ3n) is 1.79. The Morgan fingerprint density at radius 1 is 1.43 bits per heavy atom. The largest absolute Gasteiger partial charge is 0.264 e. The number of pyridine rings is 1. The second kappa shape index (κ2) is 3.83.